The molecular weight excluding hydrogens is 503 g/mol. The van der Waals surface area contributed by atoms with Gasteiger partial charge in [0.1, 0.15) is 16.7 Å². The molecule has 0 aromatic rings. The Kier molecular flexibility index (Phi) is 25.0. The van der Waals surface area contributed by atoms with Gasteiger partial charge in [-0.15, -0.1) is 0 Å². The molecule has 0 spiro atoms. The molecule has 0 bridgehead atoms. The molecule has 13 heteroatoms. The fraction of sp³-hybridized carbons (Fsp3) is 0.826. The normalized spacial score (nSPS) is 13.5. The molecule has 1 unspecified atom stereocenters. The van der Waals surface area contributed by atoms with Gasteiger partial charge in [-0.1, -0.05) is 78.1 Å². The minimum absolute atomic E-state index is 0. The van der Waals surface area contributed by atoms with E-state index in [2.05, 4.69) is 24.3 Å². The third-order valence-electron chi connectivity index (χ3n) is 5.04. The number of carbonyl (C=O) groups is 2. The van der Waals surface area contributed by atoms with Crippen molar-refractivity contribution in [2.75, 3.05) is 19.8 Å². The number of nitrogens with one attached hydrogen (secondary N) is 1. The van der Waals surface area contributed by atoms with E-state index in [1.807, 2.05) is 0 Å². The zero-order valence-corrected chi connectivity index (χ0v) is 21.9. The van der Waals surface area contributed by atoms with Crippen LogP contribution in [0.3, 0.4) is 0 Å². The first-order valence-corrected chi connectivity index (χ1v) is 14.0. The molecule has 1 rings (SSSR count). The second-order valence-electron chi connectivity index (χ2n) is 8.22. The quantitative estimate of drug-likeness (QED) is 0.0892. The first kappa shape index (κ1) is 37.1. The van der Waals surface area contributed by atoms with Crippen LogP contribution in [0.25, 0.3) is 0 Å². The van der Waals surface area contributed by atoms with Crippen LogP contribution in [0.4, 0.5) is 0 Å². The van der Waals surface area contributed by atoms with Crippen molar-refractivity contribution in [1.82, 2.24) is 5.59 Å². The third-order valence-corrected chi connectivity index (χ3v) is 6.10. The average Bonchev–Trinajstić information content (AvgIpc) is 2.81. The predicted molar refractivity (Wildman–Crippen MR) is 136 cm³/mol. The van der Waals surface area contributed by atoms with E-state index in [4.69, 9.17) is 9.47 Å². The molecular formula is C23H43N2NaO9S. The molecule has 11 nitrogen and oxygen atoms in total. The Morgan fingerprint density at radius 2 is 1.44 bits per heavy atom. The summed E-state index contributed by atoms with van der Waals surface area (Å²) in [5.41, 5.74) is 2.07. The van der Waals surface area contributed by atoms with E-state index in [0.29, 0.717) is 24.3 Å². The van der Waals surface area contributed by atoms with Gasteiger partial charge in [-0.25, -0.2) is 13.3 Å². The Labute approximate surface area is 237 Å². The fourth-order valence-electron chi connectivity index (χ4n) is 3.05. The standard InChI is InChI=1S/C20H38O7S.C3H5N2O2.Na.H/c1-3-5-7-9-11-13-15-26-19(21)17-18(28(23,24)25)20(22)27-16-14-12-10-8-6-4-2;6-5-2-1-3-7-4-5;;/h18H,3-17H2,1-2H3,(H,23,24,25);1-2H,3H2,(H,4,6);;/q;+1;;/p-1. The molecule has 0 aliphatic carbocycles. The summed E-state index contributed by atoms with van der Waals surface area (Å²) in [7, 11) is -4.98. The number of hydrazine groups is 1. The number of ether oxygens (including phenoxy) is 2. The minimum atomic E-state index is -4.98. The Morgan fingerprint density at radius 1 is 0.944 bits per heavy atom. The zero-order chi connectivity index (χ0) is 26.4. The maximum atomic E-state index is 11.9. The van der Waals surface area contributed by atoms with Gasteiger partial charge < -0.3 is 14.0 Å². The van der Waals surface area contributed by atoms with Crippen LogP contribution in [0.5, 0.6) is 0 Å². The second-order valence-corrected chi connectivity index (χ2v) is 9.78. The van der Waals surface area contributed by atoms with Crippen molar-refractivity contribution in [2.45, 2.75) is 103 Å². The van der Waals surface area contributed by atoms with Crippen molar-refractivity contribution in [3.63, 3.8) is 0 Å². The van der Waals surface area contributed by atoms with Gasteiger partial charge in [0.05, 0.1) is 24.5 Å². The van der Waals surface area contributed by atoms with Crippen LogP contribution in [0.1, 0.15) is 97.3 Å². The molecule has 36 heavy (non-hydrogen) atoms. The Balaban J connectivity index is 0. The number of rotatable bonds is 18. The van der Waals surface area contributed by atoms with Crippen LogP contribution in [0.2, 0.25) is 0 Å². The number of carbonyl (C=O) groups excluding carboxylic acids is 2. The Bertz CT molecular complexity index is 733. The molecule has 206 valence electrons. The topological polar surface area (TPSA) is 151 Å². The number of unbranched alkanes of at least 4 members (excludes halogenated alkanes) is 10. The molecule has 0 saturated carbocycles. The van der Waals surface area contributed by atoms with Crippen molar-refractivity contribution in [2.24, 2.45) is 0 Å². The molecule has 0 saturated heterocycles. The molecule has 0 radical (unpaired) electrons. The number of hydrogen-bond acceptors (Lipinski definition) is 9. The molecule has 0 amide bonds. The van der Waals surface area contributed by atoms with E-state index < -0.39 is 33.7 Å². The molecule has 1 aliphatic heterocycles. The fourth-order valence-corrected chi connectivity index (χ4v) is 3.69. The van der Waals surface area contributed by atoms with Gasteiger partial charge in [-0.2, -0.15) is 0 Å². The number of nitrogens with zero attached hydrogens (tertiary/aromatic N) is 1. The molecule has 1 heterocycles. The SMILES string of the molecule is CCCCCCCCOC(=O)CC(C(=O)OCCCCCCCC)S(=O)(=O)[O-].O=[N+]1C=CCON1.[NaH]. The molecule has 1 N–H and O–H groups in total. The third kappa shape index (κ3) is 22.2. The summed E-state index contributed by atoms with van der Waals surface area (Å²) in [4.78, 5) is 38.7. The van der Waals surface area contributed by atoms with Gasteiger partial charge in [0.15, 0.2) is 10.1 Å². The Hall–Kier alpha value is -1.05. The predicted octanol–water partition coefficient (Wildman–Crippen LogP) is 3.18. The van der Waals surface area contributed by atoms with Gasteiger partial charge >= 0.3 is 41.5 Å². The average molecular weight is 547 g/mol. The van der Waals surface area contributed by atoms with Crippen molar-refractivity contribution in [3.05, 3.63) is 17.2 Å². The maximum absolute atomic E-state index is 11.9. The van der Waals surface area contributed by atoms with E-state index in [0.717, 1.165) is 57.8 Å². The number of nitroso groups, excluding NO2 is 1. The van der Waals surface area contributed by atoms with Gasteiger partial charge in [-0.3, -0.25) is 9.59 Å². The van der Waals surface area contributed by atoms with Crippen LogP contribution in [-0.2, 0) is 34.0 Å². The molecule has 1 aliphatic rings. The first-order valence-electron chi connectivity index (χ1n) is 12.5. The van der Waals surface area contributed by atoms with Gasteiger partial charge in [0.25, 0.3) is 6.20 Å². The summed E-state index contributed by atoms with van der Waals surface area (Å²) in [6, 6.07) is 0. The van der Waals surface area contributed by atoms with Crippen molar-refractivity contribution >= 4 is 51.6 Å². The molecule has 1 atom stereocenters. The van der Waals surface area contributed by atoms with Gasteiger partial charge in [0, 0.05) is 6.08 Å². The Morgan fingerprint density at radius 3 is 1.86 bits per heavy atom. The molecule has 0 fully saturated rings. The summed E-state index contributed by atoms with van der Waals surface area (Å²) >= 11 is 0. The van der Waals surface area contributed by atoms with Crippen LogP contribution < -0.4 is 5.59 Å². The monoisotopic (exact) mass is 546 g/mol. The van der Waals surface area contributed by atoms with E-state index in [1.54, 1.807) is 6.08 Å². The van der Waals surface area contributed by atoms with E-state index in [9.17, 15) is 27.5 Å². The van der Waals surface area contributed by atoms with E-state index in [1.165, 1.54) is 12.6 Å². The van der Waals surface area contributed by atoms with Crippen LogP contribution >= 0.6 is 0 Å². The summed E-state index contributed by atoms with van der Waals surface area (Å²) < 4.78 is 43.8. The second kappa shape index (κ2) is 24.3. The summed E-state index contributed by atoms with van der Waals surface area (Å²) in [6.45, 7) is 4.90. The summed E-state index contributed by atoms with van der Waals surface area (Å²) in [6.07, 6.45) is 14.1. The van der Waals surface area contributed by atoms with E-state index in [-0.39, 0.29) is 42.8 Å². The van der Waals surface area contributed by atoms with E-state index >= 15 is 0 Å². The van der Waals surface area contributed by atoms with Crippen LogP contribution in [-0.4, -0.2) is 84.4 Å². The van der Waals surface area contributed by atoms with Crippen molar-refractivity contribution in [3.8, 4) is 0 Å². The number of esters is 2. The van der Waals surface area contributed by atoms with Gasteiger partial charge in [-0.05, 0) is 18.4 Å². The first-order chi connectivity index (χ1) is 16.7. The van der Waals surface area contributed by atoms with Gasteiger partial charge in [0.2, 0.25) is 0 Å². The van der Waals surface area contributed by atoms with Crippen molar-refractivity contribution < 1.29 is 41.7 Å². The van der Waals surface area contributed by atoms with Crippen LogP contribution in [0, 0.1) is 4.91 Å². The molecule has 0 aromatic carbocycles. The summed E-state index contributed by atoms with van der Waals surface area (Å²) in [5.74, 6) is -2.03. The number of hydrogen-bond donors (Lipinski definition) is 1. The van der Waals surface area contributed by atoms with Crippen molar-refractivity contribution in [1.29, 1.82) is 0 Å². The van der Waals surface area contributed by atoms with Crippen LogP contribution in [0.15, 0.2) is 12.3 Å². The molecule has 0 aromatic heterocycles. The zero-order valence-electron chi connectivity index (χ0n) is 21.1. The summed E-state index contributed by atoms with van der Waals surface area (Å²) in [5, 5.41) is -2.04.